The molecular formula is C28H35N3S. The number of likely N-dealkylation sites (tertiary alicyclic amines) is 1. The lowest BCUT2D eigenvalue weighted by atomic mass is 9.70. The zero-order valence-corrected chi connectivity index (χ0v) is 20.5. The molecule has 1 unspecified atom stereocenters. The Bertz CT molecular complexity index is 1010. The molecule has 2 aliphatic heterocycles. The molecule has 168 valence electrons. The van der Waals surface area contributed by atoms with Crippen molar-refractivity contribution in [3.05, 3.63) is 59.2 Å². The highest BCUT2D eigenvalue weighted by atomic mass is 32.1. The molecule has 3 nitrogen and oxygen atoms in total. The van der Waals surface area contributed by atoms with Crippen LogP contribution in [0.2, 0.25) is 0 Å². The fourth-order valence-electron chi connectivity index (χ4n) is 6.40. The summed E-state index contributed by atoms with van der Waals surface area (Å²) in [4.78, 5) is 11.7. The minimum absolute atomic E-state index is 0.0269. The van der Waals surface area contributed by atoms with Crippen LogP contribution in [0.3, 0.4) is 0 Å². The maximum Gasteiger partial charge on any atom is 0.133 e. The highest BCUT2D eigenvalue weighted by molar-refractivity contribution is 7.80. The monoisotopic (exact) mass is 445 g/mol. The number of benzene rings is 2. The van der Waals surface area contributed by atoms with Crippen molar-refractivity contribution in [1.29, 1.82) is 0 Å². The Balaban J connectivity index is 1.73. The van der Waals surface area contributed by atoms with Crippen molar-refractivity contribution < 1.29 is 0 Å². The molecule has 0 radical (unpaired) electrons. The second-order valence-corrected chi connectivity index (χ2v) is 10.4. The lowest BCUT2D eigenvalue weighted by Crippen LogP contribution is -2.49. The summed E-state index contributed by atoms with van der Waals surface area (Å²) < 4.78 is 0. The van der Waals surface area contributed by atoms with Gasteiger partial charge in [-0.3, -0.25) is 9.80 Å². The molecule has 0 bridgehead atoms. The Kier molecular flexibility index (Phi) is 5.94. The molecule has 1 spiro atoms. The average molecular weight is 446 g/mol. The van der Waals surface area contributed by atoms with E-state index in [1.54, 1.807) is 0 Å². The first-order valence-electron chi connectivity index (χ1n) is 12.3. The molecule has 2 saturated heterocycles. The number of rotatable bonds is 3. The third-order valence-electron chi connectivity index (χ3n) is 7.75. The van der Waals surface area contributed by atoms with Gasteiger partial charge >= 0.3 is 0 Å². The van der Waals surface area contributed by atoms with Gasteiger partial charge in [-0.25, -0.2) is 4.99 Å². The quantitative estimate of drug-likeness (QED) is 0.479. The largest absolute Gasteiger partial charge is 0.293 e. The molecule has 2 aromatic rings. The molecule has 32 heavy (non-hydrogen) atoms. The fourth-order valence-corrected chi connectivity index (χ4v) is 6.91. The molecule has 0 amide bonds. The molecule has 4 heteroatoms. The van der Waals surface area contributed by atoms with Gasteiger partial charge in [0, 0.05) is 11.1 Å². The van der Waals surface area contributed by atoms with Gasteiger partial charge in [0.2, 0.25) is 0 Å². The number of hydrogen-bond acceptors (Lipinski definition) is 3. The third kappa shape index (κ3) is 3.62. The first kappa shape index (κ1) is 21.8. The highest BCUT2D eigenvalue weighted by Crippen LogP contribution is 2.51. The molecule has 1 aliphatic carbocycles. The maximum atomic E-state index is 6.37. The van der Waals surface area contributed by atoms with Gasteiger partial charge in [-0.2, -0.15) is 0 Å². The van der Waals surface area contributed by atoms with E-state index in [4.69, 9.17) is 17.2 Å². The van der Waals surface area contributed by atoms with Crippen molar-refractivity contribution in [2.75, 3.05) is 18.0 Å². The lowest BCUT2D eigenvalue weighted by molar-refractivity contribution is 0.155. The molecular weight excluding hydrogens is 410 g/mol. The predicted molar refractivity (Wildman–Crippen MR) is 139 cm³/mol. The van der Waals surface area contributed by atoms with E-state index >= 15 is 0 Å². The smallest absolute Gasteiger partial charge is 0.133 e. The lowest BCUT2D eigenvalue weighted by Gasteiger charge is -2.41. The Hall–Kier alpha value is -2.04. The second-order valence-electron chi connectivity index (χ2n) is 10.1. The average Bonchev–Trinajstić information content (AvgIpc) is 3.38. The first-order valence-corrected chi connectivity index (χ1v) is 12.7. The van der Waals surface area contributed by atoms with Crippen LogP contribution in [-0.2, 0) is 0 Å². The zero-order chi connectivity index (χ0) is 22.3. The standard InChI is InChI=1S/C28H35N3S/c1-20-18-21(2)24(22(3)19-20)29-26-25(30-16-10-11-17-30)28(14-8-5-9-15-28)27(32)31(26)23-12-6-4-7-13-23/h4,6-7,12-13,18-19,25H,5,8-11,14-17H2,1-3H3. The summed E-state index contributed by atoms with van der Waals surface area (Å²) in [5, 5.41) is 0. The number of nitrogens with zero attached hydrogens (tertiary/aromatic N) is 3. The van der Waals surface area contributed by atoms with Crippen molar-refractivity contribution >= 4 is 34.4 Å². The van der Waals surface area contributed by atoms with Gasteiger partial charge in [-0.05, 0) is 82.8 Å². The zero-order valence-electron chi connectivity index (χ0n) is 19.7. The van der Waals surface area contributed by atoms with E-state index in [1.165, 1.54) is 61.6 Å². The molecule has 1 atom stereocenters. The minimum atomic E-state index is 0.0269. The molecule has 3 aliphatic rings. The summed E-state index contributed by atoms with van der Waals surface area (Å²) in [7, 11) is 0. The number of thiocarbonyl (C=S) groups is 1. The number of aryl methyl sites for hydroxylation is 3. The fraction of sp³-hybridized carbons (Fsp3) is 0.500. The van der Waals surface area contributed by atoms with Gasteiger partial charge in [0.25, 0.3) is 0 Å². The topological polar surface area (TPSA) is 18.8 Å². The number of anilines is 1. The summed E-state index contributed by atoms with van der Waals surface area (Å²) in [5.41, 5.74) is 6.10. The molecule has 0 N–H and O–H groups in total. The van der Waals surface area contributed by atoms with Crippen LogP contribution in [0.15, 0.2) is 47.5 Å². The second kappa shape index (κ2) is 8.72. The van der Waals surface area contributed by atoms with Gasteiger partial charge in [0.1, 0.15) is 5.84 Å². The van der Waals surface area contributed by atoms with Crippen molar-refractivity contribution in [3.8, 4) is 0 Å². The van der Waals surface area contributed by atoms with Gasteiger partial charge < -0.3 is 0 Å². The number of hydrogen-bond donors (Lipinski definition) is 0. The van der Waals surface area contributed by atoms with Crippen LogP contribution in [0.25, 0.3) is 0 Å². The van der Waals surface area contributed by atoms with E-state index in [9.17, 15) is 0 Å². The number of amidine groups is 1. The molecule has 2 aromatic carbocycles. The van der Waals surface area contributed by atoms with E-state index in [-0.39, 0.29) is 11.5 Å². The summed E-state index contributed by atoms with van der Waals surface area (Å²) in [6.45, 7) is 8.87. The van der Waals surface area contributed by atoms with Crippen LogP contribution in [0.4, 0.5) is 11.4 Å². The number of aliphatic imine (C=N–C) groups is 1. The van der Waals surface area contributed by atoms with E-state index in [0.29, 0.717) is 0 Å². The maximum absolute atomic E-state index is 6.37. The summed E-state index contributed by atoms with van der Waals surface area (Å²) in [6, 6.07) is 15.5. The molecule has 0 aromatic heterocycles. The van der Waals surface area contributed by atoms with Gasteiger partial charge in [-0.15, -0.1) is 0 Å². The third-order valence-corrected chi connectivity index (χ3v) is 8.34. The summed E-state index contributed by atoms with van der Waals surface area (Å²) in [6.07, 6.45) is 8.78. The highest BCUT2D eigenvalue weighted by Gasteiger charge is 2.57. The van der Waals surface area contributed by atoms with E-state index < -0.39 is 0 Å². The van der Waals surface area contributed by atoms with Crippen LogP contribution in [0.1, 0.15) is 61.6 Å². The Morgan fingerprint density at radius 2 is 1.50 bits per heavy atom. The van der Waals surface area contributed by atoms with Crippen molar-refractivity contribution in [1.82, 2.24) is 4.90 Å². The molecule has 1 saturated carbocycles. The predicted octanol–water partition coefficient (Wildman–Crippen LogP) is 6.90. The summed E-state index contributed by atoms with van der Waals surface area (Å²) >= 11 is 6.37. The Morgan fingerprint density at radius 3 is 2.12 bits per heavy atom. The van der Waals surface area contributed by atoms with Gasteiger partial charge in [0.15, 0.2) is 0 Å². The van der Waals surface area contributed by atoms with Crippen LogP contribution >= 0.6 is 12.2 Å². The molecule has 3 fully saturated rings. The number of para-hydroxylation sites is 1. The van der Waals surface area contributed by atoms with Crippen LogP contribution in [0.5, 0.6) is 0 Å². The van der Waals surface area contributed by atoms with E-state index in [2.05, 4.69) is 73.0 Å². The van der Waals surface area contributed by atoms with Crippen LogP contribution < -0.4 is 4.90 Å². The minimum Gasteiger partial charge on any atom is -0.293 e. The summed E-state index contributed by atoms with van der Waals surface area (Å²) in [5.74, 6) is 1.15. The van der Waals surface area contributed by atoms with Crippen molar-refractivity contribution in [3.63, 3.8) is 0 Å². The van der Waals surface area contributed by atoms with Crippen molar-refractivity contribution in [2.45, 2.75) is 71.8 Å². The Morgan fingerprint density at radius 1 is 0.875 bits per heavy atom. The van der Waals surface area contributed by atoms with Gasteiger partial charge in [0.05, 0.1) is 16.7 Å². The van der Waals surface area contributed by atoms with E-state index in [0.717, 1.165) is 35.3 Å². The van der Waals surface area contributed by atoms with Crippen molar-refractivity contribution in [2.24, 2.45) is 10.4 Å². The van der Waals surface area contributed by atoms with Crippen LogP contribution in [0, 0.1) is 26.2 Å². The normalized spacial score (nSPS) is 24.7. The first-order chi connectivity index (χ1) is 15.5. The Labute approximate surface area is 198 Å². The molecule has 5 rings (SSSR count). The van der Waals surface area contributed by atoms with Crippen LogP contribution in [-0.4, -0.2) is 34.9 Å². The SMILES string of the molecule is Cc1cc(C)c(N=C2C(N3CCCC3)C3(CCCCC3)C(=S)N2c2ccccc2)c(C)c1. The van der Waals surface area contributed by atoms with Gasteiger partial charge in [-0.1, -0.05) is 67.4 Å². The van der Waals surface area contributed by atoms with E-state index in [1.807, 2.05) is 0 Å². The molecule has 2 heterocycles.